The molecule has 0 fully saturated rings. The topological polar surface area (TPSA) is 42.0 Å². The van der Waals surface area contributed by atoms with Crippen LogP contribution in [0.15, 0.2) is 24.3 Å². The molecular formula is C16H20N2OS. The Balaban J connectivity index is 2.18. The van der Waals surface area contributed by atoms with Gasteiger partial charge in [-0.1, -0.05) is 38.1 Å². The summed E-state index contributed by atoms with van der Waals surface area (Å²) in [5, 5.41) is 3.97. The van der Waals surface area contributed by atoms with Crippen LogP contribution in [0.4, 0.5) is 0 Å². The van der Waals surface area contributed by atoms with Gasteiger partial charge in [0.1, 0.15) is 5.01 Å². The zero-order chi connectivity index (χ0) is 14.7. The van der Waals surface area contributed by atoms with E-state index in [1.165, 1.54) is 11.1 Å². The molecular weight excluding hydrogens is 268 g/mol. The van der Waals surface area contributed by atoms with Gasteiger partial charge in [-0.25, -0.2) is 4.98 Å². The number of nitrogens with one attached hydrogen (secondary N) is 1. The van der Waals surface area contributed by atoms with Gasteiger partial charge in [0.2, 0.25) is 5.91 Å². The summed E-state index contributed by atoms with van der Waals surface area (Å²) in [4.78, 5) is 17.4. The van der Waals surface area contributed by atoms with E-state index in [4.69, 9.17) is 0 Å². The molecule has 4 heteroatoms. The van der Waals surface area contributed by atoms with Crippen molar-refractivity contribution in [2.75, 3.05) is 0 Å². The van der Waals surface area contributed by atoms with E-state index in [2.05, 4.69) is 29.4 Å². The molecule has 1 amide bonds. The number of nitrogens with zero attached hydrogens (tertiary/aromatic N) is 1. The molecule has 0 aliphatic rings. The number of aromatic nitrogens is 1. The number of amides is 1. The minimum absolute atomic E-state index is 0.0130. The molecule has 1 N–H and O–H groups in total. The molecule has 0 radical (unpaired) electrons. The van der Waals surface area contributed by atoms with E-state index < -0.39 is 0 Å². The quantitative estimate of drug-likeness (QED) is 0.932. The molecule has 0 bridgehead atoms. The zero-order valence-electron chi connectivity index (χ0n) is 12.4. The van der Waals surface area contributed by atoms with E-state index in [9.17, 15) is 4.79 Å². The Morgan fingerprint density at radius 2 is 2.00 bits per heavy atom. The largest absolute Gasteiger partial charge is 0.351 e. The molecule has 1 aromatic heterocycles. The maximum absolute atomic E-state index is 11.6. The number of thiazole rings is 1. The summed E-state index contributed by atoms with van der Waals surface area (Å²) in [7, 11) is 0. The highest BCUT2D eigenvalue weighted by Gasteiger charge is 2.12. The summed E-state index contributed by atoms with van der Waals surface area (Å²) in [6.07, 6.45) is 0. The van der Waals surface area contributed by atoms with Gasteiger partial charge in [0.25, 0.3) is 0 Å². The molecule has 0 aliphatic carbocycles. The smallest absolute Gasteiger partial charge is 0.222 e. The third-order valence-electron chi connectivity index (χ3n) is 3.22. The molecule has 0 aliphatic heterocycles. The first kappa shape index (κ1) is 14.7. The standard InChI is InChI=1S/C16H20N2OS/c1-10(2)15(19)17-9-14-12(4)18-16(20-14)13-8-6-5-7-11(13)3/h5-8,10H,9H2,1-4H3,(H,17,19). The van der Waals surface area contributed by atoms with E-state index in [0.717, 1.165) is 15.6 Å². The van der Waals surface area contributed by atoms with Crippen molar-refractivity contribution in [2.24, 2.45) is 5.92 Å². The molecule has 0 atom stereocenters. The fourth-order valence-corrected chi connectivity index (χ4v) is 2.98. The number of benzene rings is 1. The van der Waals surface area contributed by atoms with Gasteiger partial charge in [0.15, 0.2) is 0 Å². The predicted octanol–water partition coefficient (Wildman–Crippen LogP) is 3.70. The van der Waals surface area contributed by atoms with Crippen molar-refractivity contribution in [2.45, 2.75) is 34.2 Å². The van der Waals surface area contributed by atoms with Crippen LogP contribution in [0.3, 0.4) is 0 Å². The second-order valence-corrected chi connectivity index (χ2v) is 6.30. The molecule has 1 aromatic carbocycles. The number of aryl methyl sites for hydroxylation is 2. The van der Waals surface area contributed by atoms with Gasteiger partial charge in [0.05, 0.1) is 12.2 Å². The molecule has 106 valence electrons. The van der Waals surface area contributed by atoms with Gasteiger partial charge < -0.3 is 5.32 Å². The first-order valence-electron chi connectivity index (χ1n) is 6.79. The molecule has 0 saturated heterocycles. The third kappa shape index (κ3) is 3.25. The van der Waals surface area contributed by atoms with Gasteiger partial charge in [-0.3, -0.25) is 4.79 Å². The van der Waals surface area contributed by atoms with Gasteiger partial charge >= 0.3 is 0 Å². The molecule has 0 saturated carbocycles. The van der Waals surface area contributed by atoms with Gasteiger partial charge in [-0.15, -0.1) is 11.3 Å². The average molecular weight is 288 g/mol. The van der Waals surface area contributed by atoms with E-state index in [1.54, 1.807) is 11.3 Å². The Morgan fingerprint density at radius 3 is 2.65 bits per heavy atom. The first-order chi connectivity index (χ1) is 9.49. The second-order valence-electron chi connectivity index (χ2n) is 5.22. The number of hydrogen-bond acceptors (Lipinski definition) is 3. The fourth-order valence-electron chi connectivity index (χ4n) is 1.89. The Bertz CT molecular complexity index is 617. The summed E-state index contributed by atoms with van der Waals surface area (Å²) < 4.78 is 0. The average Bonchev–Trinajstić information content (AvgIpc) is 2.77. The molecule has 0 spiro atoms. The summed E-state index contributed by atoms with van der Waals surface area (Å²) in [5.41, 5.74) is 3.39. The lowest BCUT2D eigenvalue weighted by molar-refractivity contribution is -0.124. The van der Waals surface area contributed by atoms with Crippen LogP contribution in [-0.2, 0) is 11.3 Å². The minimum atomic E-state index is 0.0130. The van der Waals surface area contributed by atoms with Crippen molar-refractivity contribution in [3.63, 3.8) is 0 Å². The van der Waals surface area contributed by atoms with E-state index >= 15 is 0 Å². The van der Waals surface area contributed by atoms with Crippen LogP contribution in [0.25, 0.3) is 10.6 Å². The van der Waals surface area contributed by atoms with Crippen molar-refractivity contribution in [3.05, 3.63) is 40.4 Å². The van der Waals surface area contributed by atoms with Crippen molar-refractivity contribution >= 4 is 17.2 Å². The lowest BCUT2D eigenvalue weighted by Gasteiger charge is -2.06. The van der Waals surface area contributed by atoms with Gasteiger partial charge in [0, 0.05) is 16.4 Å². The Hall–Kier alpha value is -1.68. The van der Waals surface area contributed by atoms with Crippen molar-refractivity contribution in [1.82, 2.24) is 10.3 Å². The van der Waals surface area contributed by atoms with Crippen LogP contribution in [0.1, 0.15) is 30.0 Å². The molecule has 2 rings (SSSR count). The molecule has 3 nitrogen and oxygen atoms in total. The number of hydrogen-bond donors (Lipinski definition) is 1. The predicted molar refractivity (Wildman–Crippen MR) is 83.7 cm³/mol. The number of carbonyl (C=O) groups is 1. The molecule has 1 heterocycles. The van der Waals surface area contributed by atoms with Crippen LogP contribution in [0.5, 0.6) is 0 Å². The molecule has 20 heavy (non-hydrogen) atoms. The lowest BCUT2D eigenvalue weighted by atomic mass is 10.1. The fraction of sp³-hybridized carbons (Fsp3) is 0.375. The van der Waals surface area contributed by atoms with Crippen molar-refractivity contribution in [1.29, 1.82) is 0 Å². The van der Waals surface area contributed by atoms with E-state index in [-0.39, 0.29) is 11.8 Å². The molecule has 2 aromatic rings. The van der Waals surface area contributed by atoms with Crippen LogP contribution < -0.4 is 5.32 Å². The summed E-state index contributed by atoms with van der Waals surface area (Å²) in [5.74, 6) is 0.0920. The van der Waals surface area contributed by atoms with Gasteiger partial charge in [-0.05, 0) is 19.4 Å². The van der Waals surface area contributed by atoms with Crippen LogP contribution in [-0.4, -0.2) is 10.9 Å². The van der Waals surface area contributed by atoms with Crippen molar-refractivity contribution in [3.8, 4) is 10.6 Å². The normalized spacial score (nSPS) is 10.8. The maximum atomic E-state index is 11.6. The number of carbonyl (C=O) groups excluding carboxylic acids is 1. The Morgan fingerprint density at radius 1 is 1.30 bits per heavy atom. The highest BCUT2D eigenvalue weighted by atomic mass is 32.1. The second kappa shape index (κ2) is 6.18. The maximum Gasteiger partial charge on any atom is 0.222 e. The number of rotatable bonds is 4. The summed E-state index contributed by atoms with van der Waals surface area (Å²) in [6, 6.07) is 8.23. The SMILES string of the molecule is Cc1ccccc1-c1nc(C)c(CNC(=O)C(C)C)s1. The van der Waals surface area contributed by atoms with Crippen molar-refractivity contribution < 1.29 is 4.79 Å². The first-order valence-corrected chi connectivity index (χ1v) is 7.60. The van der Waals surface area contributed by atoms with E-state index in [0.29, 0.717) is 6.54 Å². The summed E-state index contributed by atoms with van der Waals surface area (Å²) in [6.45, 7) is 8.44. The highest BCUT2D eigenvalue weighted by molar-refractivity contribution is 7.15. The minimum Gasteiger partial charge on any atom is -0.351 e. The Labute approximate surface area is 124 Å². The summed E-state index contributed by atoms with van der Waals surface area (Å²) >= 11 is 1.65. The monoisotopic (exact) mass is 288 g/mol. The van der Waals surface area contributed by atoms with Crippen LogP contribution in [0.2, 0.25) is 0 Å². The van der Waals surface area contributed by atoms with Gasteiger partial charge in [-0.2, -0.15) is 0 Å². The third-order valence-corrected chi connectivity index (χ3v) is 4.41. The molecule has 0 unspecified atom stereocenters. The Kier molecular flexibility index (Phi) is 4.55. The van der Waals surface area contributed by atoms with Crippen LogP contribution >= 0.6 is 11.3 Å². The zero-order valence-corrected chi connectivity index (χ0v) is 13.2. The lowest BCUT2D eigenvalue weighted by Crippen LogP contribution is -2.26. The highest BCUT2D eigenvalue weighted by Crippen LogP contribution is 2.29. The van der Waals surface area contributed by atoms with Crippen LogP contribution in [0, 0.1) is 19.8 Å². The van der Waals surface area contributed by atoms with E-state index in [1.807, 2.05) is 32.9 Å².